The van der Waals surface area contributed by atoms with Gasteiger partial charge in [-0.1, -0.05) is 17.7 Å². The number of methoxy groups -OCH3 is 1. The van der Waals surface area contributed by atoms with Crippen LogP contribution in [0.4, 0.5) is 17.1 Å². The van der Waals surface area contributed by atoms with Crippen molar-refractivity contribution < 1.29 is 23.7 Å². The molecule has 2 N–H and O–H groups in total. The number of hydrogen-bond acceptors (Lipinski definition) is 6. The molecular formula is C21H16ClN3O6. The minimum Gasteiger partial charge on any atom is -0.494 e. The van der Waals surface area contributed by atoms with Crippen LogP contribution in [0.3, 0.4) is 0 Å². The van der Waals surface area contributed by atoms with Crippen LogP contribution in [0.15, 0.2) is 65.3 Å². The highest BCUT2D eigenvalue weighted by atomic mass is 35.5. The van der Waals surface area contributed by atoms with Gasteiger partial charge in [-0.05, 0) is 42.0 Å². The number of rotatable bonds is 7. The molecule has 2 aromatic carbocycles. The average Bonchev–Trinajstić information content (AvgIpc) is 3.29. The molecule has 0 radical (unpaired) electrons. The third-order valence-corrected chi connectivity index (χ3v) is 4.38. The quantitative estimate of drug-likeness (QED) is 0.309. The molecule has 0 aliphatic heterocycles. The molecule has 31 heavy (non-hydrogen) atoms. The summed E-state index contributed by atoms with van der Waals surface area (Å²) in [6.45, 7) is 0. The van der Waals surface area contributed by atoms with E-state index in [0.29, 0.717) is 22.7 Å². The lowest BCUT2D eigenvalue weighted by Crippen LogP contribution is -2.12. The molecule has 0 fully saturated rings. The molecule has 2 amide bonds. The van der Waals surface area contributed by atoms with Crippen molar-refractivity contribution in [1.82, 2.24) is 0 Å². The number of nitro benzene ring substituents is 1. The van der Waals surface area contributed by atoms with Crippen molar-refractivity contribution in [2.45, 2.75) is 0 Å². The van der Waals surface area contributed by atoms with Crippen molar-refractivity contribution in [3.63, 3.8) is 0 Å². The molecule has 0 aliphatic carbocycles. The van der Waals surface area contributed by atoms with Gasteiger partial charge in [-0.3, -0.25) is 19.7 Å². The van der Waals surface area contributed by atoms with E-state index in [1.54, 1.807) is 24.3 Å². The topological polar surface area (TPSA) is 124 Å². The van der Waals surface area contributed by atoms with Gasteiger partial charge in [0.2, 0.25) is 5.91 Å². The third-order valence-electron chi connectivity index (χ3n) is 4.06. The van der Waals surface area contributed by atoms with E-state index >= 15 is 0 Å². The van der Waals surface area contributed by atoms with E-state index in [1.807, 2.05) is 0 Å². The molecule has 1 heterocycles. The molecular weight excluding hydrogens is 426 g/mol. The SMILES string of the molecule is COc1cc(NC(=O)/C=C/c2ccc(Cl)c([N+](=O)[O-])c2)ccc1NC(=O)c1ccco1. The Morgan fingerprint density at radius 1 is 1.16 bits per heavy atom. The molecule has 3 aromatic rings. The van der Waals surface area contributed by atoms with Gasteiger partial charge in [0, 0.05) is 23.9 Å². The Morgan fingerprint density at radius 2 is 1.97 bits per heavy atom. The van der Waals surface area contributed by atoms with Crippen LogP contribution < -0.4 is 15.4 Å². The van der Waals surface area contributed by atoms with Gasteiger partial charge in [0.15, 0.2) is 5.76 Å². The normalized spacial score (nSPS) is 10.6. The lowest BCUT2D eigenvalue weighted by atomic mass is 10.2. The summed E-state index contributed by atoms with van der Waals surface area (Å²) in [5.41, 5.74) is 1.01. The summed E-state index contributed by atoms with van der Waals surface area (Å²) in [6, 6.07) is 12.0. The molecule has 1 aromatic heterocycles. The molecule has 10 heteroatoms. The van der Waals surface area contributed by atoms with Crippen molar-refractivity contribution in [1.29, 1.82) is 0 Å². The number of nitro groups is 1. The van der Waals surface area contributed by atoms with Gasteiger partial charge < -0.3 is 19.8 Å². The standard InChI is InChI=1S/C21H16ClN3O6/c1-30-19-12-14(6-8-16(19)24-21(27)18-3-2-10-31-18)23-20(26)9-5-13-4-7-15(22)17(11-13)25(28)29/h2-12H,1H3,(H,23,26)(H,24,27)/b9-5+. The van der Waals surface area contributed by atoms with Crippen LogP contribution in [0.25, 0.3) is 6.08 Å². The van der Waals surface area contributed by atoms with Crippen molar-refractivity contribution in [3.8, 4) is 5.75 Å². The highest BCUT2D eigenvalue weighted by Crippen LogP contribution is 2.29. The van der Waals surface area contributed by atoms with Crippen LogP contribution in [0, 0.1) is 10.1 Å². The lowest BCUT2D eigenvalue weighted by molar-refractivity contribution is -0.384. The summed E-state index contributed by atoms with van der Waals surface area (Å²) >= 11 is 5.77. The maximum absolute atomic E-state index is 12.2. The van der Waals surface area contributed by atoms with Crippen molar-refractivity contribution in [2.75, 3.05) is 17.7 Å². The van der Waals surface area contributed by atoms with E-state index in [-0.39, 0.29) is 16.5 Å². The first-order valence-corrected chi connectivity index (χ1v) is 9.21. The summed E-state index contributed by atoms with van der Waals surface area (Å²) in [4.78, 5) is 34.7. The van der Waals surface area contributed by atoms with Crippen LogP contribution in [0.1, 0.15) is 16.1 Å². The maximum atomic E-state index is 12.2. The first-order chi connectivity index (χ1) is 14.9. The zero-order valence-corrected chi connectivity index (χ0v) is 16.9. The summed E-state index contributed by atoms with van der Waals surface area (Å²) in [7, 11) is 1.43. The number of carbonyl (C=O) groups excluding carboxylic acids is 2. The number of ether oxygens (including phenoxy) is 1. The predicted molar refractivity (Wildman–Crippen MR) is 115 cm³/mol. The third kappa shape index (κ3) is 5.49. The maximum Gasteiger partial charge on any atom is 0.291 e. The predicted octanol–water partition coefficient (Wildman–Crippen LogP) is 4.75. The number of hydrogen-bond donors (Lipinski definition) is 2. The van der Waals surface area contributed by atoms with Crippen molar-refractivity contribution >= 4 is 46.6 Å². The second-order valence-electron chi connectivity index (χ2n) is 6.14. The molecule has 3 rings (SSSR count). The van der Waals surface area contributed by atoms with Crippen LogP contribution >= 0.6 is 11.6 Å². The number of benzene rings is 2. The number of halogens is 1. The minimum absolute atomic E-state index is 0.0120. The largest absolute Gasteiger partial charge is 0.494 e. The molecule has 158 valence electrons. The van der Waals surface area contributed by atoms with Crippen molar-refractivity contribution in [2.24, 2.45) is 0 Å². The number of anilines is 2. The Labute approximate surface area is 181 Å². The van der Waals surface area contributed by atoms with E-state index in [2.05, 4.69) is 10.6 Å². The van der Waals surface area contributed by atoms with E-state index in [0.717, 1.165) is 0 Å². The van der Waals surface area contributed by atoms with Gasteiger partial charge in [-0.15, -0.1) is 0 Å². The fourth-order valence-electron chi connectivity index (χ4n) is 2.59. The van der Waals surface area contributed by atoms with Gasteiger partial charge in [0.05, 0.1) is 24.0 Å². The van der Waals surface area contributed by atoms with E-state index in [4.69, 9.17) is 20.8 Å². The molecule has 0 spiro atoms. The zero-order chi connectivity index (χ0) is 22.4. The smallest absolute Gasteiger partial charge is 0.291 e. The van der Waals surface area contributed by atoms with E-state index in [1.165, 1.54) is 49.8 Å². The van der Waals surface area contributed by atoms with E-state index in [9.17, 15) is 19.7 Å². The average molecular weight is 442 g/mol. The first kappa shape index (κ1) is 21.6. The second kappa shape index (κ2) is 9.59. The lowest BCUT2D eigenvalue weighted by Gasteiger charge is -2.11. The Kier molecular flexibility index (Phi) is 6.68. The molecule has 0 atom stereocenters. The van der Waals surface area contributed by atoms with Gasteiger partial charge >= 0.3 is 0 Å². The van der Waals surface area contributed by atoms with Gasteiger partial charge in [-0.25, -0.2) is 0 Å². The number of furan rings is 1. The summed E-state index contributed by atoms with van der Waals surface area (Å²) in [6.07, 6.45) is 4.04. The summed E-state index contributed by atoms with van der Waals surface area (Å²) < 4.78 is 10.3. The van der Waals surface area contributed by atoms with Gasteiger partial charge in [-0.2, -0.15) is 0 Å². The minimum atomic E-state index is -0.599. The highest BCUT2D eigenvalue weighted by Gasteiger charge is 2.14. The number of carbonyl (C=O) groups is 2. The number of nitrogens with zero attached hydrogens (tertiary/aromatic N) is 1. The Hall–Kier alpha value is -4.11. The molecule has 9 nitrogen and oxygen atoms in total. The number of amides is 2. The Balaban J connectivity index is 1.69. The molecule has 0 saturated carbocycles. The summed E-state index contributed by atoms with van der Waals surface area (Å²) in [5, 5.41) is 16.3. The zero-order valence-electron chi connectivity index (χ0n) is 16.1. The van der Waals surface area contributed by atoms with E-state index < -0.39 is 16.7 Å². The van der Waals surface area contributed by atoms with Crippen LogP contribution in [0.2, 0.25) is 5.02 Å². The van der Waals surface area contributed by atoms with Crippen molar-refractivity contribution in [3.05, 3.63) is 87.3 Å². The Morgan fingerprint density at radius 3 is 2.65 bits per heavy atom. The highest BCUT2D eigenvalue weighted by molar-refractivity contribution is 6.32. The number of nitrogens with one attached hydrogen (secondary N) is 2. The van der Waals surface area contributed by atoms with Gasteiger partial charge in [0.1, 0.15) is 10.8 Å². The van der Waals surface area contributed by atoms with Crippen LogP contribution in [-0.4, -0.2) is 23.8 Å². The molecule has 0 unspecified atom stereocenters. The Bertz CT molecular complexity index is 1160. The fourth-order valence-corrected chi connectivity index (χ4v) is 2.78. The summed E-state index contributed by atoms with van der Waals surface area (Å²) in [5.74, 6) is -0.436. The molecule has 0 saturated heterocycles. The van der Waals surface area contributed by atoms with Crippen LogP contribution in [0.5, 0.6) is 5.75 Å². The molecule has 0 aliphatic rings. The van der Waals surface area contributed by atoms with Crippen LogP contribution in [-0.2, 0) is 4.79 Å². The monoisotopic (exact) mass is 441 g/mol. The second-order valence-corrected chi connectivity index (χ2v) is 6.54. The molecule has 0 bridgehead atoms. The van der Waals surface area contributed by atoms with Gasteiger partial charge in [0.25, 0.3) is 11.6 Å². The fraction of sp³-hybridized carbons (Fsp3) is 0.0476. The first-order valence-electron chi connectivity index (χ1n) is 8.83.